The predicted octanol–water partition coefficient (Wildman–Crippen LogP) is 3.74. The van der Waals surface area contributed by atoms with E-state index >= 15 is 0 Å². The molecule has 3 N–H and O–H groups in total. The molecule has 0 fully saturated rings. The molecule has 3 rings (SSSR count). The van der Waals surface area contributed by atoms with Gasteiger partial charge in [-0.05, 0) is 19.9 Å². The van der Waals surface area contributed by atoms with E-state index in [2.05, 4.69) is 10.3 Å². The van der Waals surface area contributed by atoms with Gasteiger partial charge in [-0.2, -0.15) is 0 Å². The van der Waals surface area contributed by atoms with Crippen LogP contribution >= 0.6 is 22.7 Å². The fourth-order valence-corrected chi connectivity index (χ4v) is 3.93. The average Bonchev–Trinajstić information content (AvgIpc) is 3.04. The number of aryl methyl sites for hydroxylation is 1. The van der Waals surface area contributed by atoms with Crippen LogP contribution in [0.2, 0.25) is 0 Å². The van der Waals surface area contributed by atoms with Gasteiger partial charge in [-0.15, -0.1) is 22.7 Å². The molecule has 0 aliphatic rings. The Balaban J connectivity index is 1.85. The van der Waals surface area contributed by atoms with E-state index in [1.54, 1.807) is 11.3 Å². The summed E-state index contributed by atoms with van der Waals surface area (Å²) in [5, 5.41) is 4.81. The highest BCUT2D eigenvalue weighted by Gasteiger charge is 2.19. The van der Waals surface area contributed by atoms with Gasteiger partial charge < -0.3 is 11.1 Å². The van der Waals surface area contributed by atoms with Crippen LogP contribution < -0.4 is 11.1 Å². The van der Waals surface area contributed by atoms with Gasteiger partial charge in [0.25, 0.3) is 5.91 Å². The third-order valence-electron chi connectivity index (χ3n) is 3.20. The number of nitrogens with one attached hydrogen (secondary N) is 1. The molecule has 0 radical (unpaired) electrons. The first-order valence-electron chi connectivity index (χ1n) is 6.56. The number of nitrogens with two attached hydrogens (primary N) is 1. The van der Waals surface area contributed by atoms with Crippen molar-refractivity contribution in [1.29, 1.82) is 0 Å². The van der Waals surface area contributed by atoms with Crippen molar-refractivity contribution in [3.05, 3.63) is 45.2 Å². The lowest BCUT2D eigenvalue weighted by Crippen LogP contribution is -2.26. The summed E-state index contributed by atoms with van der Waals surface area (Å²) in [5.74, 6) is -0.144. The zero-order valence-electron chi connectivity index (χ0n) is 11.7. The summed E-state index contributed by atoms with van der Waals surface area (Å²) in [6.07, 6.45) is 1.82. The van der Waals surface area contributed by atoms with Crippen molar-refractivity contribution in [1.82, 2.24) is 10.3 Å². The molecule has 1 aromatic carbocycles. The van der Waals surface area contributed by atoms with Gasteiger partial charge in [0.2, 0.25) is 0 Å². The van der Waals surface area contributed by atoms with Crippen LogP contribution in [0.4, 0.5) is 5.69 Å². The van der Waals surface area contributed by atoms with Gasteiger partial charge in [0.1, 0.15) is 9.88 Å². The smallest absolute Gasteiger partial charge is 0.264 e. The first-order valence-corrected chi connectivity index (χ1v) is 8.19. The lowest BCUT2D eigenvalue weighted by molar-refractivity contribution is 0.0945. The Kier molecular flexibility index (Phi) is 3.65. The summed E-state index contributed by atoms with van der Waals surface area (Å²) < 4.78 is 1.03. The minimum atomic E-state index is -0.144. The maximum Gasteiger partial charge on any atom is 0.264 e. The second kappa shape index (κ2) is 5.46. The van der Waals surface area contributed by atoms with E-state index in [0.717, 1.165) is 20.0 Å². The monoisotopic (exact) mass is 317 g/mol. The quantitative estimate of drug-likeness (QED) is 0.773. The molecule has 2 heterocycles. The molecule has 0 bridgehead atoms. The molecule has 1 atom stereocenters. The number of thiazole rings is 1. The van der Waals surface area contributed by atoms with Gasteiger partial charge in [-0.3, -0.25) is 4.79 Å². The van der Waals surface area contributed by atoms with E-state index < -0.39 is 0 Å². The third-order valence-corrected chi connectivity index (χ3v) is 5.48. The standard InChI is InChI=1S/C15H15N3OS2/c1-8-7-17-15(20-8)9(2)18-14(19)13-12(16)10-5-3-4-6-11(10)21-13/h3-7,9H,16H2,1-2H3,(H,18,19). The Bertz CT molecular complexity index is 806. The van der Waals surface area contributed by atoms with Crippen molar-refractivity contribution in [2.75, 3.05) is 5.73 Å². The maximum absolute atomic E-state index is 12.4. The van der Waals surface area contributed by atoms with Gasteiger partial charge in [0, 0.05) is 21.2 Å². The number of carbonyl (C=O) groups is 1. The fourth-order valence-electron chi connectivity index (χ4n) is 2.13. The average molecular weight is 317 g/mol. The Morgan fingerprint density at radius 2 is 2.10 bits per heavy atom. The Morgan fingerprint density at radius 1 is 1.33 bits per heavy atom. The molecule has 0 saturated heterocycles. The summed E-state index contributed by atoms with van der Waals surface area (Å²) in [4.78, 5) is 18.4. The number of hydrogen-bond acceptors (Lipinski definition) is 5. The lowest BCUT2D eigenvalue weighted by Gasteiger charge is -2.10. The fraction of sp³-hybridized carbons (Fsp3) is 0.200. The van der Waals surface area contributed by atoms with Gasteiger partial charge in [0.05, 0.1) is 11.7 Å². The van der Waals surface area contributed by atoms with Crippen molar-refractivity contribution in [3.8, 4) is 0 Å². The van der Waals surface area contributed by atoms with E-state index in [0.29, 0.717) is 10.6 Å². The predicted molar refractivity (Wildman–Crippen MR) is 89.0 cm³/mol. The summed E-state index contributed by atoms with van der Waals surface area (Å²) in [6, 6.07) is 7.65. The van der Waals surface area contributed by atoms with E-state index in [-0.39, 0.29) is 11.9 Å². The zero-order valence-corrected chi connectivity index (χ0v) is 13.3. The van der Waals surface area contributed by atoms with Crippen LogP contribution in [-0.2, 0) is 0 Å². The molecule has 2 aromatic heterocycles. The number of benzene rings is 1. The molecule has 3 aromatic rings. The van der Waals surface area contributed by atoms with Crippen LogP contribution in [0.25, 0.3) is 10.1 Å². The number of amides is 1. The van der Waals surface area contributed by atoms with E-state index in [1.807, 2.05) is 44.3 Å². The van der Waals surface area contributed by atoms with Gasteiger partial charge in [0.15, 0.2) is 0 Å². The Morgan fingerprint density at radius 3 is 2.76 bits per heavy atom. The first kappa shape index (κ1) is 14.0. The number of carbonyl (C=O) groups excluding carboxylic acids is 1. The summed E-state index contributed by atoms with van der Waals surface area (Å²) >= 11 is 3.01. The first-order chi connectivity index (χ1) is 10.1. The minimum absolute atomic E-state index is 0.124. The van der Waals surface area contributed by atoms with Crippen LogP contribution in [-0.4, -0.2) is 10.9 Å². The molecule has 108 valence electrons. The van der Waals surface area contributed by atoms with Crippen LogP contribution in [0.1, 0.15) is 32.5 Å². The molecule has 1 unspecified atom stereocenters. The van der Waals surface area contributed by atoms with Crippen LogP contribution in [0.15, 0.2) is 30.5 Å². The van der Waals surface area contributed by atoms with Crippen molar-refractivity contribution in [2.24, 2.45) is 0 Å². The van der Waals surface area contributed by atoms with Crippen molar-refractivity contribution < 1.29 is 4.79 Å². The maximum atomic E-state index is 12.4. The van der Waals surface area contributed by atoms with Crippen molar-refractivity contribution in [3.63, 3.8) is 0 Å². The molecule has 21 heavy (non-hydrogen) atoms. The highest BCUT2D eigenvalue weighted by Crippen LogP contribution is 2.33. The largest absolute Gasteiger partial charge is 0.397 e. The lowest BCUT2D eigenvalue weighted by atomic mass is 10.2. The number of aromatic nitrogens is 1. The number of rotatable bonds is 3. The van der Waals surface area contributed by atoms with Gasteiger partial charge in [-0.1, -0.05) is 18.2 Å². The van der Waals surface area contributed by atoms with E-state index in [9.17, 15) is 4.79 Å². The topological polar surface area (TPSA) is 68.0 Å². The molecule has 1 amide bonds. The second-order valence-corrected chi connectivity index (χ2v) is 7.16. The molecule has 6 heteroatoms. The molecule has 0 saturated carbocycles. The minimum Gasteiger partial charge on any atom is -0.397 e. The Labute approximate surface area is 130 Å². The van der Waals surface area contributed by atoms with Crippen molar-refractivity contribution >= 4 is 44.4 Å². The molecular formula is C15H15N3OS2. The normalized spacial score (nSPS) is 12.5. The van der Waals surface area contributed by atoms with E-state index in [4.69, 9.17) is 5.73 Å². The summed E-state index contributed by atoms with van der Waals surface area (Å²) in [6.45, 7) is 3.93. The Hall–Kier alpha value is -1.92. The molecule has 0 aliphatic heterocycles. The molecular weight excluding hydrogens is 302 g/mol. The van der Waals surface area contributed by atoms with Gasteiger partial charge in [-0.25, -0.2) is 4.98 Å². The number of thiophene rings is 1. The van der Waals surface area contributed by atoms with E-state index in [1.165, 1.54) is 11.3 Å². The highest BCUT2D eigenvalue weighted by molar-refractivity contribution is 7.21. The number of nitrogens with zero attached hydrogens (tertiary/aromatic N) is 1. The number of nitrogen functional groups attached to an aromatic ring is 1. The third kappa shape index (κ3) is 2.64. The number of anilines is 1. The molecule has 0 aliphatic carbocycles. The number of hydrogen-bond donors (Lipinski definition) is 2. The summed E-state index contributed by atoms with van der Waals surface area (Å²) in [5.41, 5.74) is 6.65. The van der Waals surface area contributed by atoms with Crippen LogP contribution in [0.5, 0.6) is 0 Å². The SMILES string of the molecule is Cc1cnc(C(C)NC(=O)c2sc3ccccc3c2N)s1. The highest BCUT2D eigenvalue weighted by atomic mass is 32.1. The second-order valence-electron chi connectivity index (χ2n) is 4.85. The molecule has 0 spiro atoms. The zero-order chi connectivity index (χ0) is 15.0. The van der Waals surface area contributed by atoms with Gasteiger partial charge >= 0.3 is 0 Å². The van der Waals surface area contributed by atoms with Crippen LogP contribution in [0, 0.1) is 6.92 Å². The van der Waals surface area contributed by atoms with Crippen LogP contribution in [0.3, 0.4) is 0 Å². The van der Waals surface area contributed by atoms with Crippen molar-refractivity contribution in [2.45, 2.75) is 19.9 Å². The molecule has 4 nitrogen and oxygen atoms in total. The number of fused-ring (bicyclic) bond motifs is 1. The summed E-state index contributed by atoms with van der Waals surface area (Å²) in [7, 11) is 0.